The van der Waals surface area contributed by atoms with Gasteiger partial charge in [-0.15, -0.1) is 10.2 Å². The maximum absolute atomic E-state index is 12.6. The number of unbranched alkanes of at least 4 members (excludes halogenated alkanes) is 1. The minimum Gasteiger partial charge on any atom is -0.342 e. The maximum atomic E-state index is 12.6. The minimum absolute atomic E-state index is 0.143. The van der Waals surface area contributed by atoms with E-state index in [1.807, 2.05) is 17.0 Å². The van der Waals surface area contributed by atoms with Crippen LogP contribution in [0.4, 0.5) is 5.69 Å². The van der Waals surface area contributed by atoms with Gasteiger partial charge in [-0.05, 0) is 55.7 Å². The summed E-state index contributed by atoms with van der Waals surface area (Å²) < 4.78 is 29.8. The zero-order valence-corrected chi connectivity index (χ0v) is 20.8. The lowest BCUT2D eigenvalue weighted by Crippen LogP contribution is -2.29. The van der Waals surface area contributed by atoms with Crippen LogP contribution in [0.2, 0.25) is 0 Å². The summed E-state index contributed by atoms with van der Waals surface area (Å²) in [5.41, 5.74) is 1.31. The number of benzene rings is 2. The monoisotopic (exact) mass is 499 g/mol. The summed E-state index contributed by atoms with van der Waals surface area (Å²) in [6.45, 7) is 4.56. The second kappa shape index (κ2) is 11.1. The largest absolute Gasteiger partial charge is 0.342 e. The normalized spacial score (nSPS) is 13.9. The molecule has 1 amide bonds. The van der Waals surface area contributed by atoms with Crippen LogP contribution in [0.5, 0.6) is 0 Å². The van der Waals surface area contributed by atoms with E-state index in [1.165, 1.54) is 11.8 Å². The molecule has 1 N–H and O–H groups in total. The molecule has 1 aliphatic rings. The standard InChI is InChI=1S/C24H29N5O3S2/c1-2-3-17-29-23(25-26-24(29)33-18-22(30)28-15-7-8-16-28)19-11-13-20(14-12-19)27-34(31,32)21-9-5-4-6-10-21/h4-6,9-14,27H,2-3,7-8,15-18H2,1H3. The van der Waals surface area contributed by atoms with E-state index >= 15 is 0 Å². The number of nitrogens with zero attached hydrogens (tertiary/aromatic N) is 4. The molecule has 0 bridgehead atoms. The van der Waals surface area contributed by atoms with Gasteiger partial charge in [-0.25, -0.2) is 8.42 Å². The summed E-state index contributed by atoms with van der Waals surface area (Å²) >= 11 is 1.42. The number of likely N-dealkylation sites (tertiary alicyclic amines) is 1. The molecule has 3 aromatic rings. The van der Waals surface area contributed by atoms with Crippen LogP contribution in [0.1, 0.15) is 32.6 Å². The number of thioether (sulfide) groups is 1. The van der Waals surface area contributed by atoms with Crippen LogP contribution in [-0.2, 0) is 21.4 Å². The van der Waals surface area contributed by atoms with Crippen molar-refractivity contribution in [1.29, 1.82) is 0 Å². The quantitative estimate of drug-likeness (QED) is 0.419. The van der Waals surface area contributed by atoms with Crippen molar-refractivity contribution >= 4 is 33.4 Å². The highest BCUT2D eigenvalue weighted by Gasteiger charge is 2.21. The first-order chi connectivity index (χ1) is 16.5. The van der Waals surface area contributed by atoms with E-state index in [4.69, 9.17) is 0 Å². The Balaban J connectivity index is 1.49. The molecule has 1 saturated heterocycles. The molecule has 0 aliphatic carbocycles. The first-order valence-corrected chi connectivity index (χ1v) is 14.0. The number of rotatable bonds is 10. The number of nitrogens with one attached hydrogen (secondary N) is 1. The third kappa shape index (κ3) is 5.79. The Labute approximate surface area is 204 Å². The fourth-order valence-corrected chi connectivity index (χ4v) is 5.76. The van der Waals surface area contributed by atoms with Gasteiger partial charge in [-0.2, -0.15) is 0 Å². The van der Waals surface area contributed by atoms with E-state index in [0.29, 0.717) is 17.3 Å². The van der Waals surface area contributed by atoms with Gasteiger partial charge in [-0.1, -0.05) is 43.3 Å². The van der Waals surface area contributed by atoms with Crippen molar-refractivity contribution in [1.82, 2.24) is 19.7 Å². The molecule has 34 heavy (non-hydrogen) atoms. The minimum atomic E-state index is -3.65. The molecule has 0 unspecified atom stereocenters. The van der Waals surface area contributed by atoms with E-state index in [0.717, 1.165) is 56.0 Å². The highest BCUT2D eigenvalue weighted by molar-refractivity contribution is 7.99. The van der Waals surface area contributed by atoms with E-state index in [-0.39, 0.29) is 10.8 Å². The lowest BCUT2D eigenvalue weighted by atomic mass is 10.2. The lowest BCUT2D eigenvalue weighted by molar-refractivity contribution is -0.127. The Bertz CT molecular complexity index is 1210. The van der Waals surface area contributed by atoms with Gasteiger partial charge >= 0.3 is 0 Å². The molecule has 4 rings (SSSR count). The van der Waals surface area contributed by atoms with Gasteiger partial charge in [0.1, 0.15) is 0 Å². The molecule has 10 heteroatoms. The summed E-state index contributed by atoms with van der Waals surface area (Å²) in [5.74, 6) is 1.20. The molecule has 1 aromatic heterocycles. The first kappa shape index (κ1) is 24.3. The second-order valence-corrected chi connectivity index (χ2v) is 10.8. The number of hydrogen-bond donors (Lipinski definition) is 1. The summed E-state index contributed by atoms with van der Waals surface area (Å²) in [6, 6.07) is 15.4. The van der Waals surface area contributed by atoms with Gasteiger partial charge in [0.2, 0.25) is 5.91 Å². The number of hydrogen-bond acceptors (Lipinski definition) is 6. The number of anilines is 1. The lowest BCUT2D eigenvalue weighted by Gasteiger charge is -2.15. The van der Waals surface area contributed by atoms with Gasteiger partial charge in [0.05, 0.1) is 10.6 Å². The second-order valence-electron chi connectivity index (χ2n) is 8.18. The van der Waals surface area contributed by atoms with Crippen LogP contribution in [-0.4, -0.2) is 52.8 Å². The molecule has 2 aromatic carbocycles. The smallest absolute Gasteiger partial charge is 0.261 e. The van der Waals surface area contributed by atoms with Crippen LogP contribution in [0.15, 0.2) is 64.6 Å². The van der Waals surface area contributed by atoms with Crippen LogP contribution < -0.4 is 4.72 Å². The van der Waals surface area contributed by atoms with E-state index in [2.05, 4.69) is 26.4 Å². The Morgan fingerprint density at radius 2 is 1.74 bits per heavy atom. The van der Waals surface area contributed by atoms with Gasteiger partial charge in [0.25, 0.3) is 10.0 Å². The topological polar surface area (TPSA) is 97.2 Å². The molecular formula is C24H29N5O3S2. The summed E-state index contributed by atoms with van der Waals surface area (Å²) in [7, 11) is -3.65. The van der Waals surface area contributed by atoms with Crippen molar-refractivity contribution in [3.05, 3.63) is 54.6 Å². The summed E-state index contributed by atoms with van der Waals surface area (Å²) in [6.07, 6.45) is 4.14. The fraction of sp³-hybridized carbons (Fsp3) is 0.375. The molecule has 8 nitrogen and oxygen atoms in total. The number of aromatic nitrogens is 3. The van der Waals surface area contributed by atoms with Crippen molar-refractivity contribution in [2.24, 2.45) is 0 Å². The van der Waals surface area contributed by atoms with Crippen molar-refractivity contribution in [2.45, 2.75) is 49.2 Å². The van der Waals surface area contributed by atoms with E-state index in [9.17, 15) is 13.2 Å². The molecule has 180 valence electrons. The molecule has 0 atom stereocenters. The molecule has 0 radical (unpaired) electrons. The number of carbonyl (C=O) groups excluding carboxylic acids is 1. The van der Waals surface area contributed by atoms with E-state index < -0.39 is 10.0 Å². The molecule has 2 heterocycles. The number of sulfonamides is 1. The third-order valence-corrected chi connectivity index (χ3v) is 8.03. The molecular weight excluding hydrogens is 470 g/mol. The average Bonchev–Trinajstić information content (AvgIpc) is 3.53. The van der Waals surface area contributed by atoms with Crippen molar-refractivity contribution < 1.29 is 13.2 Å². The number of carbonyl (C=O) groups is 1. The van der Waals surface area contributed by atoms with Crippen molar-refractivity contribution in [3.8, 4) is 11.4 Å². The Morgan fingerprint density at radius 1 is 1.03 bits per heavy atom. The Kier molecular flexibility index (Phi) is 7.89. The molecule has 0 spiro atoms. The SMILES string of the molecule is CCCCn1c(SCC(=O)N2CCCC2)nnc1-c1ccc(NS(=O)(=O)c2ccccc2)cc1. The predicted molar refractivity (Wildman–Crippen MR) is 134 cm³/mol. The Hall–Kier alpha value is -2.85. The summed E-state index contributed by atoms with van der Waals surface area (Å²) in [5, 5.41) is 9.48. The molecule has 1 aliphatic heterocycles. The highest BCUT2D eigenvalue weighted by atomic mass is 32.2. The predicted octanol–water partition coefficient (Wildman–Crippen LogP) is 4.26. The van der Waals surface area contributed by atoms with Crippen LogP contribution >= 0.6 is 11.8 Å². The molecule has 1 fully saturated rings. The van der Waals surface area contributed by atoms with Gasteiger partial charge < -0.3 is 9.47 Å². The van der Waals surface area contributed by atoms with Gasteiger partial charge in [0, 0.05) is 30.9 Å². The van der Waals surface area contributed by atoms with Crippen molar-refractivity contribution in [2.75, 3.05) is 23.6 Å². The fourth-order valence-electron chi connectivity index (χ4n) is 3.81. The van der Waals surface area contributed by atoms with Crippen LogP contribution in [0.25, 0.3) is 11.4 Å². The zero-order valence-electron chi connectivity index (χ0n) is 19.2. The Morgan fingerprint density at radius 3 is 2.41 bits per heavy atom. The van der Waals surface area contributed by atoms with Crippen LogP contribution in [0.3, 0.4) is 0 Å². The maximum Gasteiger partial charge on any atom is 0.261 e. The van der Waals surface area contributed by atoms with Crippen molar-refractivity contribution in [3.63, 3.8) is 0 Å². The van der Waals surface area contributed by atoms with E-state index in [1.54, 1.807) is 42.5 Å². The molecule has 0 saturated carbocycles. The third-order valence-electron chi connectivity index (χ3n) is 5.68. The van der Waals surface area contributed by atoms with Gasteiger partial charge in [-0.3, -0.25) is 9.52 Å². The average molecular weight is 500 g/mol. The highest BCUT2D eigenvalue weighted by Crippen LogP contribution is 2.27. The van der Waals surface area contributed by atoms with Crippen LogP contribution in [0, 0.1) is 0 Å². The van der Waals surface area contributed by atoms with Gasteiger partial charge in [0.15, 0.2) is 11.0 Å². The zero-order chi connectivity index (χ0) is 24.0. The number of amides is 1. The summed E-state index contributed by atoms with van der Waals surface area (Å²) in [4.78, 5) is 14.6. The first-order valence-electron chi connectivity index (χ1n) is 11.5.